The summed E-state index contributed by atoms with van der Waals surface area (Å²) < 4.78 is 1.98. The van der Waals surface area contributed by atoms with Crippen LogP contribution in [-0.4, -0.2) is 9.78 Å². The van der Waals surface area contributed by atoms with Gasteiger partial charge in [-0.1, -0.05) is 31.2 Å². The van der Waals surface area contributed by atoms with E-state index in [9.17, 15) is 0 Å². The summed E-state index contributed by atoms with van der Waals surface area (Å²) in [5, 5.41) is 4.34. The standard InChI is InChI=1S/C16H23N3/c1-3-10-19-12-15(11-18-19)16(17)9-8-14-7-5-4-6-13(14)2/h4-7,11-12,16H,3,8-10,17H2,1-2H3. The molecular weight excluding hydrogens is 234 g/mol. The molecule has 3 nitrogen and oxygen atoms in total. The molecule has 0 aliphatic heterocycles. The first kappa shape index (κ1) is 13.8. The van der Waals surface area contributed by atoms with Gasteiger partial charge in [-0.15, -0.1) is 0 Å². The van der Waals surface area contributed by atoms with Gasteiger partial charge in [-0.2, -0.15) is 5.10 Å². The number of rotatable bonds is 6. The number of hydrogen-bond acceptors (Lipinski definition) is 2. The Morgan fingerprint density at radius 1 is 1.32 bits per heavy atom. The summed E-state index contributed by atoms with van der Waals surface area (Å²) in [6, 6.07) is 8.58. The van der Waals surface area contributed by atoms with E-state index < -0.39 is 0 Å². The van der Waals surface area contributed by atoms with Crippen LogP contribution in [-0.2, 0) is 13.0 Å². The second-order valence-electron chi connectivity index (χ2n) is 5.11. The van der Waals surface area contributed by atoms with Gasteiger partial charge in [0.05, 0.1) is 6.20 Å². The zero-order chi connectivity index (χ0) is 13.7. The lowest BCUT2D eigenvalue weighted by Gasteiger charge is -2.10. The van der Waals surface area contributed by atoms with Crippen LogP contribution in [0.25, 0.3) is 0 Å². The lowest BCUT2D eigenvalue weighted by Crippen LogP contribution is -2.11. The van der Waals surface area contributed by atoms with E-state index in [-0.39, 0.29) is 6.04 Å². The monoisotopic (exact) mass is 257 g/mol. The van der Waals surface area contributed by atoms with Crippen LogP contribution < -0.4 is 5.73 Å². The second kappa shape index (κ2) is 6.53. The molecule has 102 valence electrons. The molecular formula is C16H23N3. The van der Waals surface area contributed by atoms with E-state index in [0.717, 1.165) is 31.4 Å². The molecule has 0 fully saturated rings. The SMILES string of the molecule is CCCn1cc(C(N)CCc2ccccc2C)cn1. The van der Waals surface area contributed by atoms with E-state index >= 15 is 0 Å². The van der Waals surface area contributed by atoms with Crippen LogP contribution in [0.3, 0.4) is 0 Å². The van der Waals surface area contributed by atoms with Crippen LogP contribution in [0.4, 0.5) is 0 Å². The molecule has 1 aromatic heterocycles. The minimum Gasteiger partial charge on any atom is -0.324 e. The summed E-state index contributed by atoms with van der Waals surface area (Å²) >= 11 is 0. The Labute approximate surface area is 115 Å². The molecule has 2 N–H and O–H groups in total. The Balaban J connectivity index is 1.93. The van der Waals surface area contributed by atoms with Gasteiger partial charge in [0, 0.05) is 24.3 Å². The summed E-state index contributed by atoms with van der Waals surface area (Å²) in [6.45, 7) is 5.27. The average molecular weight is 257 g/mol. The lowest BCUT2D eigenvalue weighted by atomic mass is 9.99. The molecule has 0 amide bonds. The molecule has 0 aliphatic carbocycles. The summed E-state index contributed by atoms with van der Waals surface area (Å²) in [5.41, 5.74) is 10.1. The molecule has 1 aromatic carbocycles. The Morgan fingerprint density at radius 3 is 2.84 bits per heavy atom. The van der Waals surface area contributed by atoms with Crippen molar-refractivity contribution in [2.24, 2.45) is 5.73 Å². The third-order valence-corrected chi connectivity index (χ3v) is 3.52. The highest BCUT2D eigenvalue weighted by molar-refractivity contribution is 5.26. The molecule has 2 aromatic rings. The van der Waals surface area contributed by atoms with Crippen LogP contribution >= 0.6 is 0 Å². The molecule has 0 aliphatic rings. The second-order valence-corrected chi connectivity index (χ2v) is 5.11. The number of nitrogens with two attached hydrogens (primary N) is 1. The first-order valence-electron chi connectivity index (χ1n) is 7.03. The first-order chi connectivity index (χ1) is 9.20. The summed E-state index contributed by atoms with van der Waals surface area (Å²) in [6.07, 6.45) is 7.05. The van der Waals surface area contributed by atoms with Gasteiger partial charge in [0.25, 0.3) is 0 Å². The minimum atomic E-state index is 0.0743. The first-order valence-corrected chi connectivity index (χ1v) is 7.03. The van der Waals surface area contributed by atoms with Crippen molar-refractivity contribution >= 4 is 0 Å². The van der Waals surface area contributed by atoms with Crippen molar-refractivity contribution in [3.05, 3.63) is 53.3 Å². The molecule has 0 saturated heterocycles. The molecule has 0 bridgehead atoms. The number of nitrogens with zero attached hydrogens (tertiary/aromatic N) is 2. The van der Waals surface area contributed by atoms with E-state index in [1.165, 1.54) is 11.1 Å². The summed E-state index contributed by atoms with van der Waals surface area (Å²) in [5.74, 6) is 0. The van der Waals surface area contributed by atoms with Crippen LogP contribution in [0.15, 0.2) is 36.7 Å². The van der Waals surface area contributed by atoms with Gasteiger partial charge in [-0.25, -0.2) is 0 Å². The van der Waals surface area contributed by atoms with Gasteiger partial charge in [-0.05, 0) is 37.3 Å². The van der Waals surface area contributed by atoms with Crippen LogP contribution in [0.2, 0.25) is 0 Å². The highest BCUT2D eigenvalue weighted by atomic mass is 15.3. The Bertz CT molecular complexity index is 516. The molecule has 3 heteroatoms. The molecule has 2 rings (SSSR count). The minimum absolute atomic E-state index is 0.0743. The fourth-order valence-electron chi connectivity index (χ4n) is 2.29. The Morgan fingerprint density at radius 2 is 2.11 bits per heavy atom. The van der Waals surface area contributed by atoms with E-state index in [0.29, 0.717) is 0 Å². The molecule has 1 atom stereocenters. The Kier molecular flexibility index (Phi) is 4.74. The van der Waals surface area contributed by atoms with E-state index in [1.54, 1.807) is 0 Å². The number of aryl methyl sites for hydroxylation is 3. The predicted octanol–water partition coefficient (Wildman–Crippen LogP) is 3.23. The van der Waals surface area contributed by atoms with Gasteiger partial charge in [-0.3, -0.25) is 4.68 Å². The van der Waals surface area contributed by atoms with Gasteiger partial charge in [0.15, 0.2) is 0 Å². The average Bonchev–Trinajstić information content (AvgIpc) is 2.87. The molecule has 0 spiro atoms. The molecule has 19 heavy (non-hydrogen) atoms. The van der Waals surface area contributed by atoms with Crippen molar-refractivity contribution < 1.29 is 0 Å². The van der Waals surface area contributed by atoms with Crippen molar-refractivity contribution in [2.45, 2.75) is 45.7 Å². The quantitative estimate of drug-likeness (QED) is 0.863. The van der Waals surface area contributed by atoms with Gasteiger partial charge < -0.3 is 5.73 Å². The van der Waals surface area contributed by atoms with E-state index in [4.69, 9.17) is 5.73 Å². The smallest absolute Gasteiger partial charge is 0.0537 e. The van der Waals surface area contributed by atoms with Crippen molar-refractivity contribution in [1.82, 2.24) is 9.78 Å². The van der Waals surface area contributed by atoms with Crippen molar-refractivity contribution in [2.75, 3.05) is 0 Å². The summed E-state index contributed by atoms with van der Waals surface area (Å²) in [7, 11) is 0. The molecule has 0 radical (unpaired) electrons. The van der Waals surface area contributed by atoms with Crippen LogP contribution in [0.1, 0.15) is 42.5 Å². The number of benzene rings is 1. The zero-order valence-electron chi connectivity index (χ0n) is 11.8. The predicted molar refractivity (Wildman–Crippen MR) is 78.9 cm³/mol. The largest absolute Gasteiger partial charge is 0.324 e. The third kappa shape index (κ3) is 3.67. The highest BCUT2D eigenvalue weighted by Gasteiger charge is 2.09. The molecule has 1 heterocycles. The third-order valence-electron chi connectivity index (χ3n) is 3.52. The maximum absolute atomic E-state index is 6.25. The maximum atomic E-state index is 6.25. The topological polar surface area (TPSA) is 43.8 Å². The summed E-state index contributed by atoms with van der Waals surface area (Å²) in [4.78, 5) is 0. The fourth-order valence-corrected chi connectivity index (χ4v) is 2.29. The fraction of sp³-hybridized carbons (Fsp3) is 0.438. The normalized spacial score (nSPS) is 12.6. The van der Waals surface area contributed by atoms with E-state index in [1.807, 2.05) is 10.9 Å². The highest BCUT2D eigenvalue weighted by Crippen LogP contribution is 2.18. The van der Waals surface area contributed by atoms with Crippen LogP contribution in [0, 0.1) is 6.92 Å². The maximum Gasteiger partial charge on any atom is 0.0537 e. The van der Waals surface area contributed by atoms with Crippen molar-refractivity contribution in [3.8, 4) is 0 Å². The number of aromatic nitrogens is 2. The zero-order valence-corrected chi connectivity index (χ0v) is 11.8. The Hall–Kier alpha value is -1.61. The van der Waals surface area contributed by atoms with Crippen LogP contribution in [0.5, 0.6) is 0 Å². The van der Waals surface area contributed by atoms with Gasteiger partial charge in [0.2, 0.25) is 0 Å². The number of hydrogen-bond donors (Lipinski definition) is 1. The lowest BCUT2D eigenvalue weighted by molar-refractivity contribution is 0.598. The molecule has 0 saturated carbocycles. The van der Waals surface area contributed by atoms with Crippen molar-refractivity contribution in [1.29, 1.82) is 0 Å². The van der Waals surface area contributed by atoms with Crippen molar-refractivity contribution in [3.63, 3.8) is 0 Å². The van der Waals surface area contributed by atoms with Gasteiger partial charge >= 0.3 is 0 Å². The van der Waals surface area contributed by atoms with E-state index in [2.05, 4.69) is 49.4 Å². The van der Waals surface area contributed by atoms with Gasteiger partial charge in [0.1, 0.15) is 0 Å². The molecule has 1 unspecified atom stereocenters.